The zero-order valence-corrected chi connectivity index (χ0v) is 19.1. The van der Waals surface area contributed by atoms with Gasteiger partial charge in [0.25, 0.3) is 0 Å². The Kier molecular flexibility index (Phi) is 7.10. The predicted octanol–water partition coefficient (Wildman–Crippen LogP) is 3.46. The van der Waals surface area contributed by atoms with Gasteiger partial charge in [-0.3, -0.25) is 9.15 Å². The number of benzene rings is 1. The molecule has 170 valence electrons. The van der Waals surface area contributed by atoms with Crippen LogP contribution in [-0.4, -0.2) is 48.0 Å². The Morgan fingerprint density at radius 3 is 2.58 bits per heavy atom. The van der Waals surface area contributed by atoms with Crippen LogP contribution in [0.5, 0.6) is 0 Å². The van der Waals surface area contributed by atoms with Crippen LogP contribution in [0.15, 0.2) is 30.6 Å². The summed E-state index contributed by atoms with van der Waals surface area (Å²) in [5, 5.41) is 19.4. The van der Waals surface area contributed by atoms with Gasteiger partial charge in [-0.1, -0.05) is 25.4 Å². The van der Waals surface area contributed by atoms with E-state index >= 15 is 0 Å². The zero-order valence-electron chi connectivity index (χ0n) is 17.5. The molecule has 1 fully saturated rings. The molecule has 2 aromatic rings. The lowest BCUT2D eigenvalue weighted by atomic mass is 10.0. The molecule has 2 heterocycles. The molecule has 31 heavy (non-hydrogen) atoms. The van der Waals surface area contributed by atoms with Gasteiger partial charge < -0.3 is 15.3 Å². The summed E-state index contributed by atoms with van der Waals surface area (Å²) >= 11 is 6.09. The lowest BCUT2D eigenvalue weighted by molar-refractivity contribution is 0.0874. The van der Waals surface area contributed by atoms with Gasteiger partial charge in [0.05, 0.1) is 17.9 Å². The van der Waals surface area contributed by atoms with Crippen LogP contribution in [0.4, 0.5) is 16.2 Å². The molecule has 0 saturated carbocycles. The van der Waals surface area contributed by atoms with E-state index in [2.05, 4.69) is 10.4 Å². The zero-order chi connectivity index (χ0) is 22.8. The number of aryl methyl sites for hydroxylation is 1. The fourth-order valence-corrected chi connectivity index (χ4v) is 4.95. The second kappa shape index (κ2) is 9.43. The lowest BCUT2D eigenvalue weighted by Gasteiger charge is -2.39. The minimum Gasteiger partial charge on any atom is -0.740 e. The maximum Gasteiger partial charge on any atom is 0.326 e. The van der Waals surface area contributed by atoms with E-state index in [0.717, 1.165) is 9.87 Å². The van der Waals surface area contributed by atoms with Crippen LogP contribution in [0.3, 0.4) is 0 Å². The number of aromatic nitrogens is 2. The maximum atomic E-state index is 13.2. The molecule has 0 unspecified atom stereocenters. The second-order valence-corrected chi connectivity index (χ2v) is 9.66. The molecule has 1 aliphatic rings. The van der Waals surface area contributed by atoms with Crippen molar-refractivity contribution in [1.29, 1.82) is 0 Å². The molecular weight excluding hydrogens is 446 g/mol. The average molecular weight is 471 g/mol. The second-order valence-electron chi connectivity index (χ2n) is 7.60. The van der Waals surface area contributed by atoms with Gasteiger partial charge in [-0.05, 0) is 42.5 Å². The average Bonchev–Trinajstić information content (AvgIpc) is 3.13. The largest absolute Gasteiger partial charge is 0.740 e. The number of carbonyl (C=O) groups is 1. The molecule has 1 aromatic carbocycles. The number of hydroxylamine groups is 1. The van der Waals surface area contributed by atoms with Crippen LogP contribution in [0.2, 0.25) is 5.02 Å². The Morgan fingerprint density at radius 1 is 1.32 bits per heavy atom. The summed E-state index contributed by atoms with van der Waals surface area (Å²) < 4.78 is 33.5. The Labute approximate surface area is 186 Å². The van der Waals surface area contributed by atoms with Crippen LogP contribution in [0.1, 0.15) is 38.2 Å². The number of rotatable bonds is 6. The Bertz CT molecular complexity index is 1040. The topological polar surface area (TPSA) is 120 Å². The van der Waals surface area contributed by atoms with E-state index in [1.807, 2.05) is 13.8 Å². The fraction of sp³-hybridized carbons (Fsp3) is 0.474. The van der Waals surface area contributed by atoms with Crippen LogP contribution < -0.4 is 9.62 Å². The normalized spacial score (nSPS) is 15.2. The third-order valence-electron chi connectivity index (χ3n) is 4.93. The van der Waals surface area contributed by atoms with Crippen LogP contribution >= 0.6 is 11.6 Å². The van der Waals surface area contributed by atoms with Crippen molar-refractivity contribution in [3.05, 3.63) is 46.4 Å². The fourth-order valence-electron chi connectivity index (χ4n) is 3.35. The lowest BCUT2D eigenvalue weighted by Crippen LogP contribution is -2.51. The Morgan fingerprint density at radius 2 is 2.00 bits per heavy atom. The maximum absolute atomic E-state index is 13.2. The number of ether oxygens (including phenoxy) is 1. The molecule has 0 radical (unpaired) electrons. The highest BCUT2D eigenvalue weighted by Crippen LogP contribution is 2.29. The van der Waals surface area contributed by atoms with Crippen molar-refractivity contribution in [2.24, 2.45) is 7.05 Å². The molecule has 0 bridgehead atoms. The summed E-state index contributed by atoms with van der Waals surface area (Å²) in [6.07, 6.45) is 3.58. The molecule has 1 saturated heterocycles. The van der Waals surface area contributed by atoms with Gasteiger partial charge in [-0.2, -0.15) is 13.5 Å². The minimum atomic E-state index is -4.74. The first-order chi connectivity index (χ1) is 14.6. The van der Waals surface area contributed by atoms with Gasteiger partial charge in [0.15, 0.2) is 0 Å². The summed E-state index contributed by atoms with van der Waals surface area (Å²) in [4.78, 5) is 12.6. The van der Waals surface area contributed by atoms with E-state index in [9.17, 15) is 18.4 Å². The third kappa shape index (κ3) is 5.29. The van der Waals surface area contributed by atoms with Crippen molar-refractivity contribution >= 4 is 39.2 Å². The molecule has 1 aromatic heterocycles. The van der Waals surface area contributed by atoms with Gasteiger partial charge in [0, 0.05) is 37.2 Å². The monoisotopic (exact) mass is 470 g/mol. The molecule has 12 heteroatoms. The molecular formula is C19H25ClN5O5S-. The molecule has 10 nitrogen and oxygen atoms in total. The highest BCUT2D eigenvalue weighted by Gasteiger charge is 2.35. The van der Waals surface area contributed by atoms with Crippen LogP contribution in [-0.2, 0) is 22.0 Å². The highest BCUT2D eigenvalue weighted by atomic mass is 35.5. The SMILES string of the molecule is CC(C)c1cc(Cl)cc(NC(=O)N([O-])S(=O)(=O)N(c2cnn(C)c2)C2CCOCC2)c1. The number of hydrogen-bond donors (Lipinski definition) is 1. The number of carbonyl (C=O) groups excluding carboxylic acids is 1. The number of hydrogen-bond acceptors (Lipinski definition) is 6. The number of nitrogens with zero attached hydrogens (tertiary/aromatic N) is 4. The molecule has 0 aliphatic carbocycles. The van der Waals surface area contributed by atoms with Crippen molar-refractivity contribution in [2.45, 2.75) is 38.6 Å². The standard InChI is InChI=1S/C19H25ClN5O5S/c1-13(2)14-8-15(20)10-16(9-14)22-19(26)25(27)31(28,29)24(17-4-6-30-7-5-17)18-11-21-23(3)12-18/h8-13,17H,4-7H2,1-3H3,(H,22,26)/q-1. The quantitative estimate of drug-likeness (QED) is 0.645. The van der Waals surface area contributed by atoms with E-state index < -0.39 is 26.8 Å². The van der Waals surface area contributed by atoms with Gasteiger partial charge in [0.1, 0.15) is 0 Å². The summed E-state index contributed by atoms with van der Waals surface area (Å²) in [6.45, 7) is 4.59. The van der Waals surface area contributed by atoms with E-state index in [-0.39, 0.29) is 17.3 Å². The van der Waals surface area contributed by atoms with Gasteiger partial charge in [-0.25, -0.2) is 9.10 Å². The Balaban J connectivity index is 1.88. The van der Waals surface area contributed by atoms with Gasteiger partial charge in [0.2, 0.25) is 0 Å². The molecule has 0 spiro atoms. The van der Waals surface area contributed by atoms with Crippen molar-refractivity contribution in [3.8, 4) is 0 Å². The number of halogens is 1. The third-order valence-corrected chi connectivity index (χ3v) is 6.74. The van der Waals surface area contributed by atoms with Crippen LogP contribution in [0.25, 0.3) is 0 Å². The summed E-state index contributed by atoms with van der Waals surface area (Å²) in [7, 11) is -3.11. The highest BCUT2D eigenvalue weighted by molar-refractivity contribution is 7.91. The number of amides is 2. The molecule has 1 N–H and O–H groups in total. The van der Waals surface area contributed by atoms with Gasteiger partial charge >= 0.3 is 16.2 Å². The Hall–Kier alpha value is -2.34. The first-order valence-electron chi connectivity index (χ1n) is 9.79. The summed E-state index contributed by atoms with van der Waals surface area (Å²) in [5.74, 6) is 0.121. The van der Waals surface area contributed by atoms with E-state index in [0.29, 0.717) is 31.1 Å². The first kappa shape index (κ1) is 23.3. The van der Waals surface area contributed by atoms with E-state index in [1.54, 1.807) is 19.2 Å². The minimum absolute atomic E-state index is 0.121. The van der Waals surface area contributed by atoms with Gasteiger partial charge in [-0.15, -0.1) is 0 Å². The van der Waals surface area contributed by atoms with Crippen molar-refractivity contribution < 1.29 is 17.9 Å². The smallest absolute Gasteiger partial charge is 0.326 e. The number of urea groups is 1. The first-order valence-corrected chi connectivity index (χ1v) is 11.6. The number of nitrogens with one attached hydrogen (secondary N) is 1. The molecule has 1 aliphatic heterocycles. The van der Waals surface area contributed by atoms with E-state index in [4.69, 9.17) is 16.3 Å². The van der Waals surface area contributed by atoms with Crippen molar-refractivity contribution in [2.75, 3.05) is 22.8 Å². The van der Waals surface area contributed by atoms with Crippen molar-refractivity contribution in [3.63, 3.8) is 0 Å². The molecule has 2 amide bonds. The molecule has 3 rings (SSSR count). The van der Waals surface area contributed by atoms with Crippen LogP contribution in [0, 0.1) is 5.21 Å². The number of anilines is 2. The summed E-state index contributed by atoms with van der Waals surface area (Å²) in [6, 6.07) is 2.96. The van der Waals surface area contributed by atoms with E-state index in [1.165, 1.54) is 23.1 Å². The summed E-state index contributed by atoms with van der Waals surface area (Å²) in [5.41, 5.74) is 1.27. The molecule has 0 atom stereocenters. The van der Waals surface area contributed by atoms with Crippen molar-refractivity contribution in [1.82, 2.24) is 14.2 Å². The predicted molar refractivity (Wildman–Crippen MR) is 118 cm³/mol.